The number of halogens is 4. The minimum atomic E-state index is -4.50. The van der Waals surface area contributed by atoms with E-state index >= 15 is 0 Å². The molecule has 0 saturated carbocycles. The van der Waals surface area contributed by atoms with E-state index in [0.29, 0.717) is 19.2 Å². The van der Waals surface area contributed by atoms with Crippen LogP contribution in [0.4, 0.5) is 17.6 Å². The summed E-state index contributed by atoms with van der Waals surface area (Å²) in [5.41, 5.74) is -1.09. The number of rotatable bonds is 2. The molecule has 0 bridgehead atoms. The molecule has 1 aromatic rings. The number of hydrogen-bond acceptors (Lipinski definition) is 3. The monoisotopic (exact) mass is 291 g/mol. The van der Waals surface area contributed by atoms with Crippen molar-refractivity contribution in [2.24, 2.45) is 0 Å². The number of aromatic nitrogens is 1. The van der Waals surface area contributed by atoms with Crippen molar-refractivity contribution in [2.45, 2.75) is 24.8 Å². The SMILES string of the molecule is O=C(NC1CCNCC1F)c1ccc(C(F)(F)F)cn1. The molecule has 1 fully saturated rings. The molecule has 20 heavy (non-hydrogen) atoms. The largest absolute Gasteiger partial charge is 0.417 e. The molecule has 2 heterocycles. The number of pyridine rings is 1. The minimum absolute atomic E-state index is 0.144. The Labute approximate surface area is 112 Å². The van der Waals surface area contributed by atoms with Crippen molar-refractivity contribution in [1.29, 1.82) is 0 Å². The summed E-state index contributed by atoms with van der Waals surface area (Å²) in [6.45, 7) is 0.719. The molecule has 1 saturated heterocycles. The molecule has 1 aromatic heterocycles. The number of amides is 1. The highest BCUT2D eigenvalue weighted by molar-refractivity contribution is 5.92. The van der Waals surface area contributed by atoms with Gasteiger partial charge in [0.2, 0.25) is 0 Å². The molecule has 110 valence electrons. The summed E-state index contributed by atoms with van der Waals surface area (Å²) in [5.74, 6) is -0.673. The molecule has 2 atom stereocenters. The van der Waals surface area contributed by atoms with Crippen LogP contribution >= 0.6 is 0 Å². The Bertz CT molecular complexity index is 475. The summed E-state index contributed by atoms with van der Waals surface area (Å²) < 4.78 is 50.5. The van der Waals surface area contributed by atoms with Gasteiger partial charge in [0.05, 0.1) is 11.6 Å². The van der Waals surface area contributed by atoms with Gasteiger partial charge in [0, 0.05) is 12.7 Å². The third kappa shape index (κ3) is 3.44. The zero-order valence-electron chi connectivity index (χ0n) is 10.4. The fraction of sp³-hybridized carbons (Fsp3) is 0.500. The second-order valence-corrected chi connectivity index (χ2v) is 4.52. The number of alkyl halides is 4. The van der Waals surface area contributed by atoms with Gasteiger partial charge >= 0.3 is 6.18 Å². The van der Waals surface area contributed by atoms with Gasteiger partial charge in [-0.15, -0.1) is 0 Å². The van der Waals surface area contributed by atoms with Gasteiger partial charge in [0.15, 0.2) is 0 Å². The topological polar surface area (TPSA) is 54.0 Å². The Morgan fingerprint density at radius 2 is 2.15 bits per heavy atom. The normalized spacial score (nSPS) is 23.4. The highest BCUT2D eigenvalue weighted by atomic mass is 19.4. The van der Waals surface area contributed by atoms with Crippen LogP contribution in [0.1, 0.15) is 22.5 Å². The van der Waals surface area contributed by atoms with Gasteiger partial charge in [0.1, 0.15) is 11.9 Å². The molecule has 0 aliphatic carbocycles. The van der Waals surface area contributed by atoms with Crippen molar-refractivity contribution in [1.82, 2.24) is 15.6 Å². The first-order chi connectivity index (χ1) is 9.38. The van der Waals surface area contributed by atoms with Crippen molar-refractivity contribution < 1.29 is 22.4 Å². The highest BCUT2D eigenvalue weighted by Crippen LogP contribution is 2.28. The molecule has 1 aliphatic rings. The molecular weight excluding hydrogens is 278 g/mol. The molecule has 1 amide bonds. The third-order valence-electron chi connectivity index (χ3n) is 3.05. The van der Waals surface area contributed by atoms with E-state index in [1.807, 2.05) is 0 Å². The summed E-state index contributed by atoms with van der Waals surface area (Å²) in [5, 5.41) is 5.28. The molecule has 1 aliphatic heterocycles. The van der Waals surface area contributed by atoms with Gasteiger partial charge in [-0.3, -0.25) is 9.78 Å². The number of carbonyl (C=O) groups is 1. The zero-order valence-corrected chi connectivity index (χ0v) is 10.4. The lowest BCUT2D eigenvalue weighted by Gasteiger charge is -2.27. The van der Waals surface area contributed by atoms with Crippen LogP contribution in [0.2, 0.25) is 0 Å². The lowest BCUT2D eigenvalue weighted by molar-refractivity contribution is -0.137. The van der Waals surface area contributed by atoms with E-state index in [0.717, 1.165) is 12.1 Å². The van der Waals surface area contributed by atoms with E-state index in [1.165, 1.54) is 0 Å². The molecule has 4 nitrogen and oxygen atoms in total. The second-order valence-electron chi connectivity index (χ2n) is 4.52. The molecule has 2 unspecified atom stereocenters. The average molecular weight is 291 g/mol. The van der Waals surface area contributed by atoms with Crippen molar-refractivity contribution >= 4 is 5.91 Å². The summed E-state index contributed by atoms with van der Waals surface area (Å²) in [4.78, 5) is 15.2. The molecule has 0 radical (unpaired) electrons. The van der Waals surface area contributed by atoms with Gasteiger partial charge in [-0.2, -0.15) is 13.2 Å². The van der Waals surface area contributed by atoms with Crippen LogP contribution in [0.25, 0.3) is 0 Å². The van der Waals surface area contributed by atoms with Gasteiger partial charge in [-0.1, -0.05) is 0 Å². The Kier molecular flexibility index (Phi) is 4.22. The standard InChI is InChI=1S/C12H13F4N3O/c13-8-6-17-4-3-9(8)19-11(20)10-2-1-7(5-18-10)12(14,15)16/h1-2,5,8-9,17H,3-4,6H2,(H,19,20). The van der Waals surface area contributed by atoms with E-state index < -0.39 is 29.9 Å². The molecule has 0 spiro atoms. The highest BCUT2D eigenvalue weighted by Gasteiger charge is 2.31. The zero-order chi connectivity index (χ0) is 14.8. The molecular formula is C12H13F4N3O. The van der Waals surface area contributed by atoms with Gasteiger partial charge < -0.3 is 10.6 Å². The predicted octanol–water partition coefficient (Wildman–Crippen LogP) is 1.53. The number of piperidine rings is 1. The van der Waals surface area contributed by atoms with Crippen molar-refractivity contribution in [3.05, 3.63) is 29.6 Å². The molecule has 8 heteroatoms. The fourth-order valence-corrected chi connectivity index (χ4v) is 1.92. The number of nitrogens with zero attached hydrogens (tertiary/aromatic N) is 1. The Morgan fingerprint density at radius 3 is 2.70 bits per heavy atom. The Morgan fingerprint density at radius 1 is 1.40 bits per heavy atom. The van der Waals surface area contributed by atoms with Crippen LogP contribution in [-0.4, -0.2) is 36.2 Å². The number of hydrogen-bond donors (Lipinski definition) is 2. The van der Waals surface area contributed by atoms with Crippen LogP contribution in [-0.2, 0) is 6.18 Å². The van der Waals surface area contributed by atoms with Crippen LogP contribution in [0.5, 0.6) is 0 Å². The molecule has 2 N–H and O–H groups in total. The maximum Gasteiger partial charge on any atom is 0.417 e. The number of carbonyl (C=O) groups excluding carboxylic acids is 1. The van der Waals surface area contributed by atoms with Crippen LogP contribution in [0, 0.1) is 0 Å². The first kappa shape index (κ1) is 14.7. The van der Waals surface area contributed by atoms with E-state index in [-0.39, 0.29) is 12.2 Å². The third-order valence-corrected chi connectivity index (χ3v) is 3.05. The van der Waals surface area contributed by atoms with E-state index in [2.05, 4.69) is 15.6 Å². The summed E-state index contributed by atoms with van der Waals surface area (Å²) in [6, 6.07) is 1.11. The summed E-state index contributed by atoms with van der Waals surface area (Å²) in [7, 11) is 0. The molecule has 0 aromatic carbocycles. The summed E-state index contributed by atoms with van der Waals surface area (Å²) in [6.07, 6.45) is -4.71. The van der Waals surface area contributed by atoms with Crippen molar-refractivity contribution in [2.75, 3.05) is 13.1 Å². The first-order valence-corrected chi connectivity index (χ1v) is 6.07. The predicted molar refractivity (Wildman–Crippen MR) is 62.9 cm³/mol. The first-order valence-electron chi connectivity index (χ1n) is 6.07. The Balaban J connectivity index is 2.02. The van der Waals surface area contributed by atoms with E-state index in [9.17, 15) is 22.4 Å². The minimum Gasteiger partial charge on any atom is -0.345 e. The number of nitrogens with one attached hydrogen (secondary N) is 2. The van der Waals surface area contributed by atoms with Gasteiger partial charge in [0.25, 0.3) is 5.91 Å². The van der Waals surface area contributed by atoms with Gasteiger partial charge in [-0.05, 0) is 25.1 Å². The smallest absolute Gasteiger partial charge is 0.345 e. The van der Waals surface area contributed by atoms with Crippen LogP contribution < -0.4 is 10.6 Å². The maximum atomic E-state index is 13.5. The Hall–Kier alpha value is -1.70. The van der Waals surface area contributed by atoms with Crippen molar-refractivity contribution in [3.63, 3.8) is 0 Å². The van der Waals surface area contributed by atoms with Gasteiger partial charge in [-0.25, -0.2) is 4.39 Å². The lowest BCUT2D eigenvalue weighted by Crippen LogP contribution is -2.51. The fourth-order valence-electron chi connectivity index (χ4n) is 1.92. The summed E-state index contributed by atoms with van der Waals surface area (Å²) >= 11 is 0. The van der Waals surface area contributed by atoms with Crippen molar-refractivity contribution in [3.8, 4) is 0 Å². The van der Waals surface area contributed by atoms with Crippen LogP contribution in [0.15, 0.2) is 18.3 Å². The maximum absolute atomic E-state index is 13.5. The lowest BCUT2D eigenvalue weighted by atomic mass is 10.0. The second kappa shape index (κ2) is 5.74. The van der Waals surface area contributed by atoms with Crippen LogP contribution in [0.3, 0.4) is 0 Å². The average Bonchev–Trinajstić information content (AvgIpc) is 2.40. The van der Waals surface area contributed by atoms with E-state index in [4.69, 9.17) is 0 Å². The molecule has 2 rings (SSSR count). The van der Waals surface area contributed by atoms with E-state index in [1.54, 1.807) is 0 Å². The quantitative estimate of drug-likeness (QED) is 0.813.